The molecule has 0 spiro atoms. The zero-order valence-corrected chi connectivity index (χ0v) is 23.8. The molecule has 4 aromatic carbocycles. The van der Waals surface area contributed by atoms with Crippen LogP contribution in [-0.2, 0) is 18.3 Å². The van der Waals surface area contributed by atoms with Gasteiger partial charge in [-0.1, -0.05) is 74.5 Å². The molecule has 0 amide bonds. The number of aryl methyl sites for hydroxylation is 8. The number of ketones is 1. The monoisotopic (exact) mass is 488 g/mol. The predicted molar refractivity (Wildman–Crippen MR) is 157 cm³/mol. The summed E-state index contributed by atoms with van der Waals surface area (Å²) >= 11 is 0. The lowest BCUT2D eigenvalue weighted by molar-refractivity contribution is 0.103. The molecule has 0 unspecified atom stereocenters. The van der Waals surface area contributed by atoms with Gasteiger partial charge in [-0.25, -0.2) is 0 Å². The third kappa shape index (κ3) is 5.62. The van der Waals surface area contributed by atoms with Crippen molar-refractivity contribution >= 4 is 5.78 Å². The van der Waals surface area contributed by atoms with Crippen molar-refractivity contribution in [2.24, 2.45) is 0 Å². The molecular weight excluding hydrogens is 448 g/mol. The molecule has 0 N–H and O–H groups in total. The van der Waals surface area contributed by atoms with E-state index in [1.54, 1.807) is 0 Å². The van der Waals surface area contributed by atoms with Crippen molar-refractivity contribution in [3.63, 3.8) is 0 Å². The van der Waals surface area contributed by atoms with E-state index in [0.717, 1.165) is 29.5 Å². The Kier molecular flexibility index (Phi) is 7.55. The lowest BCUT2D eigenvalue weighted by Gasteiger charge is -2.28. The summed E-state index contributed by atoms with van der Waals surface area (Å²) in [5.41, 5.74) is 14.3. The van der Waals surface area contributed by atoms with Crippen LogP contribution in [0.25, 0.3) is 0 Å². The molecule has 0 heterocycles. The predicted octanol–water partition coefficient (Wildman–Crippen LogP) is 8.88. The molecule has 0 radical (unpaired) electrons. The van der Waals surface area contributed by atoms with Gasteiger partial charge in [0.25, 0.3) is 0 Å². The van der Waals surface area contributed by atoms with E-state index in [1.807, 2.05) is 24.3 Å². The Balaban J connectivity index is 1.58. The molecule has 0 bridgehead atoms. The van der Waals surface area contributed by atoms with Crippen molar-refractivity contribution in [2.45, 2.75) is 73.6 Å². The minimum Gasteiger partial charge on any atom is -0.289 e. The molecule has 0 fully saturated rings. The maximum atomic E-state index is 13.2. The molecule has 0 saturated carbocycles. The molecular formula is C36H40O. The first-order valence-electron chi connectivity index (χ1n) is 13.4. The van der Waals surface area contributed by atoms with Crippen LogP contribution in [0.5, 0.6) is 0 Å². The van der Waals surface area contributed by atoms with E-state index in [-0.39, 0.29) is 11.2 Å². The molecule has 37 heavy (non-hydrogen) atoms. The summed E-state index contributed by atoms with van der Waals surface area (Å²) in [6.07, 6.45) is 1.86. The summed E-state index contributed by atoms with van der Waals surface area (Å²) in [7, 11) is 0. The van der Waals surface area contributed by atoms with Crippen LogP contribution in [0.2, 0.25) is 0 Å². The third-order valence-corrected chi connectivity index (χ3v) is 8.34. The fourth-order valence-electron chi connectivity index (χ4n) is 5.03. The van der Waals surface area contributed by atoms with Gasteiger partial charge in [-0.3, -0.25) is 4.79 Å². The van der Waals surface area contributed by atoms with Gasteiger partial charge in [0.05, 0.1) is 0 Å². The second kappa shape index (κ2) is 10.5. The Morgan fingerprint density at radius 1 is 0.514 bits per heavy atom. The van der Waals surface area contributed by atoms with Crippen LogP contribution >= 0.6 is 0 Å². The molecule has 0 aliphatic rings. The summed E-state index contributed by atoms with van der Waals surface area (Å²) in [6, 6.07) is 25.9. The first kappa shape index (κ1) is 26.6. The first-order valence-corrected chi connectivity index (χ1v) is 13.4. The van der Waals surface area contributed by atoms with Crippen LogP contribution in [0.1, 0.15) is 85.4 Å². The summed E-state index contributed by atoms with van der Waals surface area (Å²) in [6.45, 7) is 17.5. The topological polar surface area (TPSA) is 17.1 Å². The van der Waals surface area contributed by atoms with Gasteiger partial charge in [0, 0.05) is 16.5 Å². The normalized spacial score (nSPS) is 11.6. The minimum atomic E-state index is -0.0741. The van der Waals surface area contributed by atoms with Crippen molar-refractivity contribution in [2.75, 3.05) is 0 Å². The number of carbonyl (C=O) groups excluding carboxylic acids is 1. The summed E-state index contributed by atoms with van der Waals surface area (Å²) in [4.78, 5) is 13.2. The van der Waals surface area contributed by atoms with Crippen molar-refractivity contribution < 1.29 is 4.79 Å². The zero-order chi connectivity index (χ0) is 26.9. The van der Waals surface area contributed by atoms with Gasteiger partial charge in [-0.15, -0.1) is 0 Å². The summed E-state index contributed by atoms with van der Waals surface area (Å²) in [5, 5.41) is 0. The highest BCUT2D eigenvalue weighted by molar-refractivity contribution is 6.09. The lowest BCUT2D eigenvalue weighted by Crippen LogP contribution is -2.19. The zero-order valence-electron chi connectivity index (χ0n) is 23.8. The molecule has 0 aliphatic carbocycles. The SMILES string of the molecule is Cc1ccc(C(=O)c2ccc(C)c(CCc3cc(C(C)(C)c4ccc(C)c(C)c4)ccc3C)c2)cc1C. The van der Waals surface area contributed by atoms with Crippen LogP contribution < -0.4 is 0 Å². The fourth-order valence-corrected chi connectivity index (χ4v) is 5.03. The first-order chi connectivity index (χ1) is 17.5. The molecule has 1 nitrogen and oxygen atoms in total. The van der Waals surface area contributed by atoms with Crippen molar-refractivity contribution in [3.05, 3.63) is 140 Å². The highest BCUT2D eigenvalue weighted by Gasteiger charge is 2.24. The van der Waals surface area contributed by atoms with Crippen molar-refractivity contribution in [3.8, 4) is 0 Å². The van der Waals surface area contributed by atoms with Gasteiger partial charge < -0.3 is 0 Å². The minimum absolute atomic E-state index is 0.0741. The molecule has 0 saturated heterocycles. The summed E-state index contributed by atoms with van der Waals surface area (Å²) < 4.78 is 0. The van der Waals surface area contributed by atoms with Crippen LogP contribution in [-0.4, -0.2) is 5.78 Å². The van der Waals surface area contributed by atoms with Gasteiger partial charge in [-0.05, 0) is 122 Å². The Morgan fingerprint density at radius 3 is 1.51 bits per heavy atom. The number of hydrogen-bond donors (Lipinski definition) is 0. The average molecular weight is 489 g/mol. The Morgan fingerprint density at radius 2 is 0.946 bits per heavy atom. The van der Waals surface area contributed by atoms with Crippen LogP contribution in [0.3, 0.4) is 0 Å². The van der Waals surface area contributed by atoms with E-state index in [4.69, 9.17) is 0 Å². The molecule has 0 atom stereocenters. The van der Waals surface area contributed by atoms with Gasteiger partial charge in [0.2, 0.25) is 0 Å². The van der Waals surface area contributed by atoms with Crippen molar-refractivity contribution in [1.82, 2.24) is 0 Å². The Bertz CT molecular complexity index is 1470. The van der Waals surface area contributed by atoms with E-state index in [9.17, 15) is 4.79 Å². The van der Waals surface area contributed by atoms with Gasteiger partial charge in [0.1, 0.15) is 0 Å². The number of carbonyl (C=O) groups is 1. The van der Waals surface area contributed by atoms with Crippen molar-refractivity contribution in [1.29, 1.82) is 0 Å². The second-order valence-electron chi connectivity index (χ2n) is 11.3. The highest BCUT2D eigenvalue weighted by Crippen LogP contribution is 2.34. The van der Waals surface area contributed by atoms with Gasteiger partial charge >= 0.3 is 0 Å². The van der Waals surface area contributed by atoms with E-state index >= 15 is 0 Å². The maximum absolute atomic E-state index is 13.2. The number of rotatable bonds is 7. The molecule has 1 heteroatoms. The van der Waals surface area contributed by atoms with Gasteiger partial charge in [0.15, 0.2) is 5.78 Å². The van der Waals surface area contributed by atoms with E-state index < -0.39 is 0 Å². The smallest absolute Gasteiger partial charge is 0.193 e. The summed E-state index contributed by atoms with van der Waals surface area (Å²) in [5.74, 6) is 0.0951. The van der Waals surface area contributed by atoms with Crippen LogP contribution in [0.15, 0.2) is 72.8 Å². The standard InChI is InChI=1S/C36H40O/c1-23-9-13-31(19-27(23)5)35(37)32-14-10-25(3)29(21-32)15-16-30-22-34(18-12-26(30)4)36(7,8)33-17-11-24(2)28(6)20-33/h9-14,17-22H,15-16H2,1-8H3. The molecule has 0 aromatic heterocycles. The molecule has 190 valence electrons. The second-order valence-corrected chi connectivity index (χ2v) is 11.3. The number of hydrogen-bond acceptors (Lipinski definition) is 1. The lowest BCUT2D eigenvalue weighted by atomic mass is 9.76. The molecule has 4 aromatic rings. The van der Waals surface area contributed by atoms with Crippen LogP contribution in [0.4, 0.5) is 0 Å². The van der Waals surface area contributed by atoms with Gasteiger partial charge in [-0.2, -0.15) is 0 Å². The third-order valence-electron chi connectivity index (χ3n) is 8.34. The van der Waals surface area contributed by atoms with E-state index in [1.165, 1.54) is 50.1 Å². The fraction of sp³-hybridized carbons (Fsp3) is 0.306. The Hall–Kier alpha value is -3.45. The quantitative estimate of drug-likeness (QED) is 0.237. The Labute approximate surface area is 223 Å². The highest BCUT2D eigenvalue weighted by atomic mass is 16.1. The van der Waals surface area contributed by atoms with E-state index in [0.29, 0.717) is 0 Å². The van der Waals surface area contributed by atoms with Crippen LogP contribution in [0, 0.1) is 41.5 Å². The average Bonchev–Trinajstić information content (AvgIpc) is 2.87. The van der Waals surface area contributed by atoms with E-state index in [2.05, 4.69) is 104 Å². The largest absolute Gasteiger partial charge is 0.289 e. The molecule has 4 rings (SSSR count). The number of benzene rings is 4. The molecule has 0 aliphatic heterocycles. The maximum Gasteiger partial charge on any atom is 0.193 e.